The second-order valence-electron chi connectivity index (χ2n) is 3.75. The number of nitrogens with two attached hydrogens (primary N) is 1. The lowest BCUT2D eigenvalue weighted by atomic mass is 10.1. The molecule has 0 aliphatic heterocycles. The molecule has 0 aliphatic carbocycles. The fraction of sp³-hybridized carbons (Fsp3) is 0.250. The lowest BCUT2D eigenvalue weighted by molar-refractivity contribution is 0.607. The molecule has 2 N–H and O–H groups in total. The first-order chi connectivity index (χ1) is 8.15. The first-order valence-electron chi connectivity index (χ1n) is 5.35. The molecule has 0 saturated heterocycles. The molecule has 0 aliphatic rings. The molecule has 2 aromatic rings. The molecule has 2 rings (SSSR count). The summed E-state index contributed by atoms with van der Waals surface area (Å²) in [6.45, 7) is 1.75. The van der Waals surface area contributed by atoms with Crippen LogP contribution in [0.15, 0.2) is 24.3 Å². The minimum Gasteiger partial charge on any atom is -0.368 e. The van der Waals surface area contributed by atoms with E-state index in [1.54, 1.807) is 19.1 Å². The van der Waals surface area contributed by atoms with Crippen LogP contribution in [0.25, 0.3) is 0 Å². The Morgan fingerprint density at radius 3 is 2.59 bits per heavy atom. The van der Waals surface area contributed by atoms with Gasteiger partial charge in [0.25, 0.3) is 0 Å². The average Bonchev–Trinajstić information content (AvgIpc) is 2.27. The second kappa shape index (κ2) is 4.86. The van der Waals surface area contributed by atoms with Crippen LogP contribution in [0, 0.1) is 12.7 Å². The first-order valence-corrected chi connectivity index (χ1v) is 5.35. The Morgan fingerprint density at radius 1 is 1.12 bits per heavy atom. The number of nitrogen functional groups attached to an aromatic ring is 1. The van der Waals surface area contributed by atoms with Crippen molar-refractivity contribution < 1.29 is 4.39 Å². The molecule has 0 atom stereocenters. The Labute approximate surface area is 98.7 Å². The number of hydrogen-bond acceptors (Lipinski definition) is 4. The number of halogens is 1. The Balaban J connectivity index is 2.10. The molecule has 1 aromatic heterocycles. The van der Waals surface area contributed by atoms with Gasteiger partial charge in [0.05, 0.1) is 0 Å². The van der Waals surface area contributed by atoms with Crippen molar-refractivity contribution >= 4 is 5.95 Å². The van der Waals surface area contributed by atoms with Crippen LogP contribution in [-0.2, 0) is 12.8 Å². The highest BCUT2D eigenvalue weighted by atomic mass is 19.1. The minimum atomic E-state index is -0.203. The van der Waals surface area contributed by atoms with Crippen LogP contribution in [-0.4, -0.2) is 15.0 Å². The van der Waals surface area contributed by atoms with Crippen molar-refractivity contribution in [2.75, 3.05) is 5.73 Å². The predicted octanol–water partition coefficient (Wildman–Crippen LogP) is 1.69. The first kappa shape index (κ1) is 11.4. The Kier molecular flexibility index (Phi) is 3.27. The van der Waals surface area contributed by atoms with Crippen molar-refractivity contribution in [2.45, 2.75) is 19.8 Å². The highest BCUT2D eigenvalue weighted by Gasteiger charge is 2.04. The van der Waals surface area contributed by atoms with Crippen molar-refractivity contribution in [3.63, 3.8) is 0 Å². The van der Waals surface area contributed by atoms with Crippen molar-refractivity contribution in [3.8, 4) is 0 Å². The predicted molar refractivity (Wildman–Crippen MR) is 62.8 cm³/mol. The molecule has 5 heteroatoms. The minimum absolute atomic E-state index is 0.203. The summed E-state index contributed by atoms with van der Waals surface area (Å²) in [5, 5.41) is 0. The Morgan fingerprint density at radius 2 is 1.88 bits per heavy atom. The second-order valence-corrected chi connectivity index (χ2v) is 3.75. The summed E-state index contributed by atoms with van der Waals surface area (Å²) in [6.07, 6.45) is 1.10. The Hall–Kier alpha value is -2.04. The molecule has 17 heavy (non-hydrogen) atoms. The quantitative estimate of drug-likeness (QED) is 0.874. The van der Waals surface area contributed by atoms with Crippen LogP contribution in [0.4, 0.5) is 10.3 Å². The van der Waals surface area contributed by atoms with Crippen LogP contribution in [0.5, 0.6) is 0 Å². The van der Waals surface area contributed by atoms with Gasteiger partial charge in [0, 0.05) is 6.42 Å². The molecule has 0 fully saturated rings. The van der Waals surface area contributed by atoms with E-state index in [1.807, 2.05) is 6.07 Å². The van der Waals surface area contributed by atoms with Crippen molar-refractivity contribution in [1.82, 2.24) is 15.0 Å². The van der Waals surface area contributed by atoms with E-state index in [0.29, 0.717) is 30.1 Å². The zero-order valence-corrected chi connectivity index (χ0v) is 9.52. The summed E-state index contributed by atoms with van der Waals surface area (Å²) in [7, 11) is 0. The zero-order valence-electron chi connectivity index (χ0n) is 9.52. The SMILES string of the molecule is Cc1nc(N)nc(CCc2ccccc2F)n1. The van der Waals surface area contributed by atoms with Gasteiger partial charge in [-0.25, -0.2) is 9.37 Å². The summed E-state index contributed by atoms with van der Waals surface area (Å²) in [5.74, 6) is 1.19. The molecule has 1 heterocycles. The topological polar surface area (TPSA) is 64.7 Å². The van der Waals surface area contributed by atoms with Gasteiger partial charge in [-0.1, -0.05) is 18.2 Å². The van der Waals surface area contributed by atoms with Gasteiger partial charge in [-0.05, 0) is 25.0 Å². The smallest absolute Gasteiger partial charge is 0.223 e. The number of aromatic nitrogens is 3. The van der Waals surface area contributed by atoms with Gasteiger partial charge in [-0.2, -0.15) is 9.97 Å². The van der Waals surface area contributed by atoms with Crippen LogP contribution in [0.3, 0.4) is 0 Å². The number of aryl methyl sites for hydroxylation is 3. The van der Waals surface area contributed by atoms with Gasteiger partial charge in [0.1, 0.15) is 17.5 Å². The molecule has 0 bridgehead atoms. The number of anilines is 1. The normalized spacial score (nSPS) is 10.5. The fourth-order valence-corrected chi connectivity index (χ4v) is 1.62. The van der Waals surface area contributed by atoms with Crippen LogP contribution in [0.2, 0.25) is 0 Å². The van der Waals surface area contributed by atoms with Crippen LogP contribution < -0.4 is 5.73 Å². The molecule has 0 unspecified atom stereocenters. The molecular formula is C12H13FN4. The summed E-state index contributed by atoms with van der Waals surface area (Å²) >= 11 is 0. The number of benzene rings is 1. The molecule has 1 aromatic carbocycles. The standard InChI is InChI=1S/C12H13FN4/c1-8-15-11(17-12(14)16-8)7-6-9-4-2-3-5-10(9)13/h2-5H,6-7H2,1H3,(H2,14,15,16,17). The lowest BCUT2D eigenvalue weighted by Crippen LogP contribution is -2.06. The molecule has 4 nitrogen and oxygen atoms in total. The van der Waals surface area contributed by atoms with E-state index >= 15 is 0 Å². The van der Waals surface area contributed by atoms with E-state index in [9.17, 15) is 4.39 Å². The number of rotatable bonds is 3. The van der Waals surface area contributed by atoms with E-state index in [-0.39, 0.29) is 11.8 Å². The van der Waals surface area contributed by atoms with Crippen LogP contribution in [0.1, 0.15) is 17.2 Å². The van der Waals surface area contributed by atoms with E-state index in [4.69, 9.17) is 5.73 Å². The van der Waals surface area contributed by atoms with Gasteiger partial charge in [0.2, 0.25) is 5.95 Å². The maximum atomic E-state index is 13.4. The van der Waals surface area contributed by atoms with Crippen molar-refractivity contribution in [2.24, 2.45) is 0 Å². The van der Waals surface area contributed by atoms with Gasteiger partial charge < -0.3 is 5.73 Å². The van der Waals surface area contributed by atoms with E-state index in [2.05, 4.69) is 15.0 Å². The highest BCUT2D eigenvalue weighted by Crippen LogP contribution is 2.09. The van der Waals surface area contributed by atoms with Gasteiger partial charge in [0.15, 0.2) is 0 Å². The van der Waals surface area contributed by atoms with E-state index in [0.717, 1.165) is 0 Å². The summed E-state index contributed by atoms with van der Waals surface area (Å²) in [5.41, 5.74) is 6.18. The third-order valence-corrected chi connectivity index (χ3v) is 2.39. The molecular weight excluding hydrogens is 219 g/mol. The monoisotopic (exact) mass is 232 g/mol. The number of hydrogen-bond donors (Lipinski definition) is 1. The van der Waals surface area contributed by atoms with Gasteiger partial charge in [-0.3, -0.25) is 0 Å². The highest BCUT2D eigenvalue weighted by molar-refractivity contribution is 5.19. The molecule has 0 radical (unpaired) electrons. The van der Waals surface area contributed by atoms with Crippen LogP contribution >= 0.6 is 0 Å². The summed E-state index contributed by atoms with van der Waals surface area (Å²) in [4.78, 5) is 12.1. The summed E-state index contributed by atoms with van der Waals surface area (Å²) < 4.78 is 13.4. The summed E-state index contributed by atoms with van der Waals surface area (Å²) in [6, 6.07) is 6.68. The van der Waals surface area contributed by atoms with E-state index in [1.165, 1.54) is 6.07 Å². The molecule has 0 spiro atoms. The molecule has 0 saturated carbocycles. The maximum absolute atomic E-state index is 13.4. The van der Waals surface area contributed by atoms with E-state index < -0.39 is 0 Å². The molecule has 0 amide bonds. The third-order valence-electron chi connectivity index (χ3n) is 2.39. The van der Waals surface area contributed by atoms with Crippen molar-refractivity contribution in [3.05, 3.63) is 47.3 Å². The van der Waals surface area contributed by atoms with Gasteiger partial charge in [-0.15, -0.1) is 0 Å². The third kappa shape index (κ3) is 2.96. The average molecular weight is 232 g/mol. The number of nitrogens with zero attached hydrogens (tertiary/aromatic N) is 3. The van der Waals surface area contributed by atoms with Gasteiger partial charge >= 0.3 is 0 Å². The Bertz CT molecular complexity index is 507. The zero-order chi connectivity index (χ0) is 12.3. The molecule has 88 valence electrons. The largest absolute Gasteiger partial charge is 0.368 e. The van der Waals surface area contributed by atoms with Crippen molar-refractivity contribution in [1.29, 1.82) is 0 Å². The fourth-order valence-electron chi connectivity index (χ4n) is 1.62. The lowest BCUT2D eigenvalue weighted by Gasteiger charge is -2.03. The maximum Gasteiger partial charge on any atom is 0.223 e.